The monoisotopic (exact) mass is 402 g/mol. The van der Waals surface area contributed by atoms with Crippen molar-refractivity contribution in [3.63, 3.8) is 0 Å². The van der Waals surface area contributed by atoms with E-state index in [1.165, 1.54) is 13.2 Å². The van der Waals surface area contributed by atoms with E-state index in [4.69, 9.17) is 16.3 Å². The van der Waals surface area contributed by atoms with Crippen molar-refractivity contribution >= 4 is 29.2 Å². The van der Waals surface area contributed by atoms with E-state index in [1.54, 1.807) is 24.3 Å². The largest absolute Gasteiger partial charge is 0.506 e. The number of ether oxygens (including phenoxy) is 1. The molecule has 3 rings (SSSR count). The number of likely N-dealkylation sites (tertiary alicyclic amines) is 1. The smallest absolute Gasteiger partial charge is 0.327 e. The van der Waals surface area contributed by atoms with Crippen LogP contribution in [0.25, 0.3) is 0 Å². The van der Waals surface area contributed by atoms with Gasteiger partial charge in [-0.3, -0.25) is 9.69 Å². The van der Waals surface area contributed by atoms with E-state index in [-0.39, 0.29) is 23.5 Å². The van der Waals surface area contributed by atoms with E-state index in [0.29, 0.717) is 42.2 Å². The standard InChI is InChI=1S/C21H23ClN2O4/c1-28-21(27)19(15-6-2-3-7-16(15)22)24-12-10-14(11-13-24)20(26)23-17-8-4-5-9-18(17)25/h2-9,14,19,25H,10-13H2,1H3,(H,23,26)/t19-/m0/s1. The van der Waals surface area contributed by atoms with Crippen LogP contribution < -0.4 is 5.32 Å². The summed E-state index contributed by atoms with van der Waals surface area (Å²) in [6.45, 7) is 1.12. The second-order valence-electron chi connectivity index (χ2n) is 6.76. The Morgan fingerprint density at radius 2 is 1.79 bits per heavy atom. The first-order valence-corrected chi connectivity index (χ1v) is 9.54. The first kappa shape index (κ1) is 20.2. The molecule has 0 aromatic heterocycles. The molecular formula is C21H23ClN2O4. The summed E-state index contributed by atoms with van der Waals surface area (Å²) in [7, 11) is 1.36. The maximum atomic E-state index is 12.6. The summed E-state index contributed by atoms with van der Waals surface area (Å²) in [5.74, 6) is -0.656. The average Bonchev–Trinajstić information content (AvgIpc) is 2.71. The highest BCUT2D eigenvalue weighted by Gasteiger charge is 2.34. The Kier molecular flexibility index (Phi) is 6.54. The third-order valence-electron chi connectivity index (χ3n) is 5.05. The quantitative estimate of drug-likeness (QED) is 0.590. The second-order valence-corrected chi connectivity index (χ2v) is 7.17. The van der Waals surface area contributed by atoms with Crippen molar-refractivity contribution in [3.8, 4) is 5.75 Å². The summed E-state index contributed by atoms with van der Waals surface area (Å²) in [6, 6.07) is 13.3. The van der Waals surface area contributed by atoms with Crippen LogP contribution in [0.3, 0.4) is 0 Å². The third kappa shape index (κ3) is 4.46. The molecule has 1 saturated heterocycles. The van der Waals surface area contributed by atoms with E-state index in [0.717, 1.165) is 0 Å². The molecule has 1 aliphatic rings. The molecule has 0 saturated carbocycles. The van der Waals surface area contributed by atoms with E-state index in [1.807, 2.05) is 23.1 Å². The predicted molar refractivity (Wildman–Crippen MR) is 107 cm³/mol. The molecule has 0 radical (unpaired) electrons. The maximum Gasteiger partial charge on any atom is 0.327 e. The molecule has 2 aromatic rings. The number of methoxy groups -OCH3 is 1. The number of esters is 1. The van der Waals surface area contributed by atoms with Gasteiger partial charge >= 0.3 is 5.97 Å². The lowest BCUT2D eigenvalue weighted by Crippen LogP contribution is -2.43. The van der Waals surface area contributed by atoms with E-state index < -0.39 is 6.04 Å². The van der Waals surface area contributed by atoms with Crippen LogP contribution in [-0.2, 0) is 14.3 Å². The molecule has 1 heterocycles. The molecular weight excluding hydrogens is 380 g/mol. The van der Waals surface area contributed by atoms with Crippen molar-refractivity contribution in [2.75, 3.05) is 25.5 Å². The summed E-state index contributed by atoms with van der Waals surface area (Å²) in [5, 5.41) is 13.1. The van der Waals surface area contributed by atoms with Crippen LogP contribution in [0, 0.1) is 5.92 Å². The molecule has 2 aromatic carbocycles. The predicted octanol–water partition coefficient (Wildman–Crippen LogP) is 3.61. The molecule has 0 aliphatic carbocycles. The number of rotatable bonds is 5. The molecule has 0 bridgehead atoms. The van der Waals surface area contributed by atoms with Gasteiger partial charge in [0.05, 0.1) is 12.8 Å². The van der Waals surface area contributed by atoms with Crippen molar-refractivity contribution in [2.45, 2.75) is 18.9 Å². The van der Waals surface area contributed by atoms with Gasteiger partial charge < -0.3 is 15.2 Å². The summed E-state index contributed by atoms with van der Waals surface area (Å²) in [6.07, 6.45) is 1.19. The van der Waals surface area contributed by atoms with E-state index in [9.17, 15) is 14.7 Å². The van der Waals surface area contributed by atoms with Crippen LogP contribution in [0.5, 0.6) is 5.75 Å². The number of halogens is 1. The second kappa shape index (κ2) is 9.08. The molecule has 0 unspecified atom stereocenters. The Hall–Kier alpha value is -2.57. The van der Waals surface area contributed by atoms with Gasteiger partial charge in [-0.15, -0.1) is 0 Å². The molecule has 6 nitrogen and oxygen atoms in total. The van der Waals surface area contributed by atoms with Gasteiger partial charge in [0.1, 0.15) is 11.8 Å². The summed E-state index contributed by atoms with van der Waals surface area (Å²) < 4.78 is 5.00. The third-order valence-corrected chi connectivity index (χ3v) is 5.40. The molecule has 2 N–H and O–H groups in total. The van der Waals surface area contributed by atoms with Crippen LogP contribution in [0.2, 0.25) is 5.02 Å². The lowest BCUT2D eigenvalue weighted by atomic mass is 9.93. The first-order valence-electron chi connectivity index (χ1n) is 9.16. The number of phenols is 1. The van der Waals surface area contributed by atoms with Crippen LogP contribution in [0.15, 0.2) is 48.5 Å². The topological polar surface area (TPSA) is 78.9 Å². The number of anilines is 1. The number of carbonyl (C=O) groups excluding carboxylic acids is 2. The number of nitrogens with one attached hydrogen (secondary N) is 1. The summed E-state index contributed by atoms with van der Waals surface area (Å²) in [5.41, 5.74) is 1.10. The fourth-order valence-electron chi connectivity index (χ4n) is 3.52. The molecule has 0 spiro atoms. The number of aromatic hydroxyl groups is 1. The zero-order valence-corrected chi connectivity index (χ0v) is 16.4. The van der Waals surface area contributed by atoms with Crippen molar-refractivity contribution in [3.05, 3.63) is 59.1 Å². The van der Waals surface area contributed by atoms with Crippen LogP contribution >= 0.6 is 11.6 Å². The molecule has 1 amide bonds. The highest BCUT2D eigenvalue weighted by Crippen LogP contribution is 2.32. The molecule has 148 valence electrons. The number of carbonyl (C=O) groups is 2. The van der Waals surface area contributed by atoms with Gasteiger partial charge in [-0.05, 0) is 36.6 Å². The van der Waals surface area contributed by atoms with Gasteiger partial charge in [-0.25, -0.2) is 4.79 Å². The summed E-state index contributed by atoms with van der Waals surface area (Å²) >= 11 is 6.30. The number of hydrogen-bond acceptors (Lipinski definition) is 5. The van der Waals surface area contributed by atoms with E-state index in [2.05, 4.69) is 5.32 Å². The highest BCUT2D eigenvalue weighted by molar-refractivity contribution is 6.31. The molecule has 1 aliphatic heterocycles. The van der Waals surface area contributed by atoms with Gasteiger partial charge in [0, 0.05) is 24.0 Å². The van der Waals surface area contributed by atoms with Crippen LogP contribution in [-0.4, -0.2) is 42.1 Å². The van der Waals surface area contributed by atoms with Gasteiger partial charge in [-0.2, -0.15) is 0 Å². The molecule has 7 heteroatoms. The number of hydrogen-bond donors (Lipinski definition) is 2. The Bertz CT molecular complexity index is 850. The van der Waals surface area contributed by atoms with Crippen molar-refractivity contribution in [1.29, 1.82) is 0 Å². The van der Waals surface area contributed by atoms with Crippen LogP contribution in [0.4, 0.5) is 5.69 Å². The zero-order valence-electron chi connectivity index (χ0n) is 15.6. The number of para-hydroxylation sites is 2. The Morgan fingerprint density at radius 1 is 1.14 bits per heavy atom. The Balaban J connectivity index is 1.67. The van der Waals surface area contributed by atoms with Crippen molar-refractivity contribution < 1.29 is 19.4 Å². The van der Waals surface area contributed by atoms with Crippen molar-refractivity contribution in [2.24, 2.45) is 5.92 Å². The SMILES string of the molecule is COC(=O)[C@H](c1ccccc1Cl)N1CCC(C(=O)Nc2ccccc2O)CC1. The molecule has 28 heavy (non-hydrogen) atoms. The van der Waals surface area contributed by atoms with Gasteiger partial charge in [0.15, 0.2) is 0 Å². The van der Waals surface area contributed by atoms with E-state index >= 15 is 0 Å². The number of piperidine rings is 1. The number of nitrogens with zero attached hydrogens (tertiary/aromatic N) is 1. The first-order chi connectivity index (χ1) is 13.5. The minimum absolute atomic E-state index is 0.0396. The molecule has 1 fully saturated rings. The number of benzene rings is 2. The number of amides is 1. The summed E-state index contributed by atoms with van der Waals surface area (Å²) in [4.78, 5) is 27.0. The highest BCUT2D eigenvalue weighted by atomic mass is 35.5. The minimum atomic E-state index is -0.596. The molecule has 1 atom stereocenters. The van der Waals surface area contributed by atoms with Gasteiger partial charge in [-0.1, -0.05) is 41.9 Å². The van der Waals surface area contributed by atoms with Crippen LogP contribution in [0.1, 0.15) is 24.4 Å². The van der Waals surface area contributed by atoms with Gasteiger partial charge in [0.2, 0.25) is 5.91 Å². The Morgan fingerprint density at radius 3 is 2.43 bits per heavy atom. The zero-order chi connectivity index (χ0) is 20.1. The van der Waals surface area contributed by atoms with Crippen molar-refractivity contribution in [1.82, 2.24) is 4.90 Å². The fourth-order valence-corrected chi connectivity index (χ4v) is 3.75. The fraction of sp³-hybridized carbons (Fsp3) is 0.333. The Labute approximate surface area is 169 Å². The lowest BCUT2D eigenvalue weighted by molar-refractivity contribution is -0.148. The van der Waals surface area contributed by atoms with Gasteiger partial charge in [0.25, 0.3) is 0 Å². The normalized spacial score (nSPS) is 16.4. The average molecular weight is 403 g/mol. The maximum absolute atomic E-state index is 12.6. The minimum Gasteiger partial charge on any atom is -0.506 e. The lowest BCUT2D eigenvalue weighted by Gasteiger charge is -2.36. The number of phenolic OH excluding ortho intramolecular Hbond substituents is 1.